The monoisotopic (exact) mass is 265 g/mol. The zero-order valence-corrected chi connectivity index (χ0v) is 10.6. The average Bonchev–Trinajstić information content (AvgIpc) is 2.82. The number of aryl methyl sites for hydroxylation is 1. The molecule has 1 aliphatic heterocycles. The van der Waals surface area contributed by atoms with Gasteiger partial charge in [0, 0.05) is 12.2 Å². The van der Waals surface area contributed by atoms with Gasteiger partial charge in [-0.1, -0.05) is 0 Å². The van der Waals surface area contributed by atoms with Gasteiger partial charge in [0.25, 0.3) is 5.91 Å². The van der Waals surface area contributed by atoms with Crippen LogP contribution >= 0.6 is 0 Å². The minimum absolute atomic E-state index is 0.106. The summed E-state index contributed by atoms with van der Waals surface area (Å²) in [5.41, 5.74) is 11.4. The molecule has 2 amide bonds. The molecule has 0 saturated carbocycles. The summed E-state index contributed by atoms with van der Waals surface area (Å²) in [7, 11) is 0. The summed E-state index contributed by atoms with van der Waals surface area (Å²) < 4.78 is 14.0. The minimum atomic E-state index is -0.659. The Morgan fingerprint density at radius 1 is 1.42 bits per heavy atom. The number of likely N-dealkylation sites (tertiary alicyclic amines) is 1. The summed E-state index contributed by atoms with van der Waals surface area (Å²) in [6.07, 6.45) is 1.20. The molecule has 1 unspecified atom stereocenters. The molecular weight excluding hydrogens is 249 g/mol. The van der Waals surface area contributed by atoms with Crippen LogP contribution in [0.4, 0.5) is 10.1 Å². The third kappa shape index (κ3) is 2.38. The first kappa shape index (κ1) is 13.3. The number of nitrogens with zero attached hydrogens (tertiary/aromatic N) is 1. The Balaban J connectivity index is 2.37. The first-order chi connectivity index (χ1) is 8.91. The predicted molar refractivity (Wildman–Crippen MR) is 68.8 cm³/mol. The minimum Gasteiger partial charge on any atom is -0.399 e. The van der Waals surface area contributed by atoms with Gasteiger partial charge >= 0.3 is 0 Å². The molecule has 1 aromatic carbocycles. The van der Waals surface area contributed by atoms with Gasteiger partial charge in [0.1, 0.15) is 11.9 Å². The molecule has 0 aromatic heterocycles. The third-order valence-electron chi connectivity index (χ3n) is 3.35. The number of benzene rings is 1. The molecule has 6 heteroatoms. The molecule has 0 spiro atoms. The predicted octanol–water partition coefficient (Wildman–Crippen LogP) is 0.806. The van der Waals surface area contributed by atoms with Crippen molar-refractivity contribution in [3.8, 4) is 0 Å². The Kier molecular flexibility index (Phi) is 3.42. The number of rotatable bonds is 2. The van der Waals surface area contributed by atoms with E-state index in [0.717, 1.165) is 0 Å². The van der Waals surface area contributed by atoms with Crippen molar-refractivity contribution >= 4 is 17.5 Å². The lowest BCUT2D eigenvalue weighted by molar-refractivity contribution is -0.121. The highest BCUT2D eigenvalue weighted by Gasteiger charge is 2.34. The Morgan fingerprint density at radius 2 is 2.11 bits per heavy atom. The summed E-state index contributed by atoms with van der Waals surface area (Å²) in [4.78, 5) is 24.9. The van der Waals surface area contributed by atoms with Crippen LogP contribution in [0.2, 0.25) is 0 Å². The smallest absolute Gasteiger partial charge is 0.257 e. The standard InChI is InChI=1S/C13H16FN3O2/c1-7-5-8(15)6-9(11(7)14)13(19)17-4-2-3-10(17)12(16)18/h5-6,10H,2-4,15H2,1H3,(H2,16,18). The Hall–Kier alpha value is -2.11. The lowest BCUT2D eigenvalue weighted by atomic mass is 10.1. The molecular formula is C13H16FN3O2. The molecule has 1 saturated heterocycles. The van der Waals surface area contributed by atoms with E-state index in [9.17, 15) is 14.0 Å². The van der Waals surface area contributed by atoms with Crippen LogP contribution in [0.3, 0.4) is 0 Å². The van der Waals surface area contributed by atoms with Crippen molar-refractivity contribution in [2.75, 3.05) is 12.3 Å². The first-order valence-corrected chi connectivity index (χ1v) is 6.07. The van der Waals surface area contributed by atoms with E-state index in [0.29, 0.717) is 30.6 Å². The van der Waals surface area contributed by atoms with Crippen molar-refractivity contribution in [3.05, 3.63) is 29.1 Å². The largest absolute Gasteiger partial charge is 0.399 e. The van der Waals surface area contributed by atoms with E-state index in [2.05, 4.69) is 0 Å². The van der Waals surface area contributed by atoms with Gasteiger partial charge in [-0.2, -0.15) is 0 Å². The number of nitrogen functional groups attached to an aromatic ring is 1. The number of nitrogens with two attached hydrogens (primary N) is 2. The summed E-state index contributed by atoms with van der Waals surface area (Å²) in [6, 6.07) is 2.09. The molecule has 1 atom stereocenters. The van der Waals surface area contributed by atoms with E-state index < -0.39 is 23.7 Å². The van der Waals surface area contributed by atoms with E-state index in [4.69, 9.17) is 11.5 Å². The number of amides is 2. The molecule has 1 fully saturated rings. The molecule has 19 heavy (non-hydrogen) atoms. The van der Waals surface area contributed by atoms with Gasteiger partial charge in [-0.05, 0) is 37.5 Å². The molecule has 4 N–H and O–H groups in total. The molecule has 0 bridgehead atoms. The van der Waals surface area contributed by atoms with Crippen LogP contribution < -0.4 is 11.5 Å². The maximum Gasteiger partial charge on any atom is 0.257 e. The van der Waals surface area contributed by atoms with Crippen LogP contribution in [0, 0.1) is 12.7 Å². The molecule has 2 rings (SSSR count). The lowest BCUT2D eigenvalue weighted by Gasteiger charge is -2.22. The molecule has 1 aromatic rings. The molecule has 102 valence electrons. The lowest BCUT2D eigenvalue weighted by Crippen LogP contribution is -2.44. The van der Waals surface area contributed by atoms with Crippen molar-refractivity contribution < 1.29 is 14.0 Å². The fourth-order valence-corrected chi connectivity index (χ4v) is 2.41. The second-order valence-corrected chi connectivity index (χ2v) is 4.76. The van der Waals surface area contributed by atoms with E-state index in [-0.39, 0.29) is 5.56 Å². The van der Waals surface area contributed by atoms with Crippen LogP contribution in [0.5, 0.6) is 0 Å². The topological polar surface area (TPSA) is 89.4 Å². The van der Waals surface area contributed by atoms with Gasteiger partial charge in [-0.3, -0.25) is 9.59 Å². The fraction of sp³-hybridized carbons (Fsp3) is 0.385. The van der Waals surface area contributed by atoms with Crippen molar-refractivity contribution in [3.63, 3.8) is 0 Å². The quantitative estimate of drug-likeness (QED) is 0.775. The van der Waals surface area contributed by atoms with E-state index in [1.807, 2.05) is 0 Å². The maximum atomic E-state index is 14.0. The number of hydrogen-bond donors (Lipinski definition) is 2. The molecule has 1 heterocycles. The van der Waals surface area contributed by atoms with Crippen molar-refractivity contribution in [1.29, 1.82) is 0 Å². The van der Waals surface area contributed by atoms with Gasteiger partial charge in [0.15, 0.2) is 0 Å². The first-order valence-electron chi connectivity index (χ1n) is 6.07. The number of hydrogen-bond acceptors (Lipinski definition) is 3. The summed E-state index contributed by atoms with van der Waals surface area (Å²) in [6.45, 7) is 1.94. The highest BCUT2D eigenvalue weighted by Crippen LogP contribution is 2.24. The maximum absolute atomic E-state index is 14.0. The zero-order chi connectivity index (χ0) is 14.2. The van der Waals surface area contributed by atoms with Crippen molar-refractivity contribution in [2.45, 2.75) is 25.8 Å². The zero-order valence-electron chi connectivity index (χ0n) is 10.6. The van der Waals surface area contributed by atoms with E-state index in [1.165, 1.54) is 24.0 Å². The van der Waals surface area contributed by atoms with E-state index >= 15 is 0 Å². The molecule has 1 aliphatic rings. The molecule has 0 radical (unpaired) electrons. The Bertz CT molecular complexity index is 545. The second kappa shape index (κ2) is 4.87. The summed E-state index contributed by atoms with van der Waals surface area (Å²) in [5.74, 6) is -1.70. The number of carbonyl (C=O) groups is 2. The van der Waals surface area contributed by atoms with Gasteiger partial charge in [0.05, 0.1) is 5.56 Å². The molecule has 5 nitrogen and oxygen atoms in total. The van der Waals surface area contributed by atoms with E-state index in [1.54, 1.807) is 0 Å². The number of primary amides is 1. The SMILES string of the molecule is Cc1cc(N)cc(C(=O)N2CCCC2C(N)=O)c1F. The molecule has 0 aliphatic carbocycles. The highest BCUT2D eigenvalue weighted by atomic mass is 19.1. The van der Waals surface area contributed by atoms with Crippen LogP contribution in [-0.4, -0.2) is 29.3 Å². The van der Waals surface area contributed by atoms with Crippen LogP contribution in [0.15, 0.2) is 12.1 Å². The van der Waals surface area contributed by atoms with Gasteiger partial charge in [-0.25, -0.2) is 4.39 Å². The second-order valence-electron chi connectivity index (χ2n) is 4.76. The Labute approximate surface area is 110 Å². The van der Waals surface area contributed by atoms with Gasteiger partial charge in [0.2, 0.25) is 5.91 Å². The van der Waals surface area contributed by atoms with Crippen LogP contribution in [0.25, 0.3) is 0 Å². The normalized spacial score (nSPS) is 18.6. The summed E-state index contributed by atoms with van der Waals surface area (Å²) >= 11 is 0. The van der Waals surface area contributed by atoms with Crippen LogP contribution in [-0.2, 0) is 4.79 Å². The summed E-state index contributed by atoms with van der Waals surface area (Å²) in [5, 5.41) is 0. The fourth-order valence-electron chi connectivity index (χ4n) is 2.41. The highest BCUT2D eigenvalue weighted by molar-refractivity contribution is 5.98. The number of halogens is 1. The van der Waals surface area contributed by atoms with Gasteiger partial charge < -0.3 is 16.4 Å². The number of anilines is 1. The average molecular weight is 265 g/mol. The third-order valence-corrected chi connectivity index (χ3v) is 3.35. The van der Waals surface area contributed by atoms with Crippen molar-refractivity contribution in [2.24, 2.45) is 5.73 Å². The van der Waals surface area contributed by atoms with Crippen molar-refractivity contribution in [1.82, 2.24) is 4.90 Å². The Morgan fingerprint density at radius 3 is 2.74 bits per heavy atom. The van der Waals surface area contributed by atoms with Gasteiger partial charge in [-0.15, -0.1) is 0 Å². The number of carbonyl (C=O) groups excluding carboxylic acids is 2. The van der Waals surface area contributed by atoms with Crippen LogP contribution in [0.1, 0.15) is 28.8 Å².